The van der Waals surface area contributed by atoms with E-state index in [1.807, 2.05) is 7.05 Å². The Morgan fingerprint density at radius 1 is 1.44 bits per heavy atom. The Morgan fingerprint density at radius 2 is 2.12 bits per heavy atom. The molecule has 0 amide bonds. The minimum absolute atomic E-state index is 0.193. The fraction of sp³-hybridized carbons (Fsp3) is 0.636. The molecule has 4 nitrogen and oxygen atoms in total. The van der Waals surface area contributed by atoms with Crippen LogP contribution in [-0.4, -0.2) is 24.1 Å². The summed E-state index contributed by atoms with van der Waals surface area (Å²) in [7, 11) is 3.58. The maximum absolute atomic E-state index is 5.17. The molecule has 0 aromatic carbocycles. The van der Waals surface area contributed by atoms with Crippen LogP contribution in [0.3, 0.4) is 0 Å². The molecule has 0 radical (unpaired) electrons. The van der Waals surface area contributed by atoms with Crippen molar-refractivity contribution in [3.63, 3.8) is 0 Å². The van der Waals surface area contributed by atoms with Crippen LogP contribution in [0.2, 0.25) is 0 Å². The summed E-state index contributed by atoms with van der Waals surface area (Å²) in [6.45, 7) is 2.75. The smallest absolute Gasteiger partial charge is 0.143 e. The van der Waals surface area contributed by atoms with Crippen LogP contribution in [0.25, 0.3) is 0 Å². The summed E-state index contributed by atoms with van der Waals surface area (Å²) in [5.41, 5.74) is 1.17. The summed E-state index contributed by atoms with van der Waals surface area (Å²) < 4.78 is 6.22. The molecular weight excluding hydrogens is 317 g/mol. The van der Waals surface area contributed by atoms with E-state index in [2.05, 4.69) is 44.8 Å². The number of ether oxygens (including phenoxy) is 1. The molecule has 1 aromatic heterocycles. The second kappa shape index (κ2) is 4.44. The predicted octanol–water partition coefficient (Wildman–Crippen LogP) is 2.32. The van der Waals surface area contributed by atoms with E-state index in [1.54, 1.807) is 7.11 Å². The zero-order chi connectivity index (χ0) is 11.8. The highest BCUT2D eigenvalue weighted by Crippen LogP contribution is 2.46. The first-order valence-electron chi connectivity index (χ1n) is 5.34. The van der Waals surface area contributed by atoms with E-state index < -0.39 is 0 Å². The Kier molecular flexibility index (Phi) is 3.34. The minimum atomic E-state index is 0.193. The third-order valence-electron chi connectivity index (χ3n) is 2.98. The number of nitrogens with one attached hydrogen (secondary N) is 1. The molecule has 1 aromatic rings. The van der Waals surface area contributed by atoms with Crippen LogP contribution in [0.5, 0.6) is 0 Å². The minimum Gasteiger partial charge on any atom is -0.378 e. The van der Waals surface area contributed by atoms with Gasteiger partial charge in [0.2, 0.25) is 0 Å². The van der Waals surface area contributed by atoms with Crippen molar-refractivity contribution in [3.05, 3.63) is 15.1 Å². The van der Waals surface area contributed by atoms with Gasteiger partial charge in [-0.15, -0.1) is 0 Å². The Hall–Kier alpha value is -0.430. The SMILES string of the molecule is CNc1nc(C2(C)CC2)nc(COC)c1I. The molecule has 88 valence electrons. The molecule has 0 saturated heterocycles. The van der Waals surface area contributed by atoms with Gasteiger partial charge in [-0.1, -0.05) is 6.92 Å². The summed E-state index contributed by atoms with van der Waals surface area (Å²) in [6.07, 6.45) is 2.37. The lowest BCUT2D eigenvalue weighted by atomic mass is 10.1. The molecule has 1 aliphatic carbocycles. The summed E-state index contributed by atoms with van der Waals surface area (Å²) in [5, 5.41) is 3.12. The predicted molar refractivity (Wildman–Crippen MR) is 71.6 cm³/mol. The highest BCUT2D eigenvalue weighted by atomic mass is 127. The lowest BCUT2D eigenvalue weighted by Crippen LogP contribution is -2.13. The second-order valence-corrected chi connectivity index (χ2v) is 5.48. The molecule has 1 N–H and O–H groups in total. The average molecular weight is 333 g/mol. The fourth-order valence-corrected chi connectivity index (χ4v) is 2.24. The summed E-state index contributed by atoms with van der Waals surface area (Å²) >= 11 is 2.26. The van der Waals surface area contributed by atoms with Crippen molar-refractivity contribution in [3.8, 4) is 0 Å². The number of methoxy groups -OCH3 is 1. The Balaban J connectivity index is 2.44. The van der Waals surface area contributed by atoms with Crippen molar-refractivity contribution in [2.24, 2.45) is 0 Å². The fourth-order valence-electron chi connectivity index (χ4n) is 1.57. The Morgan fingerprint density at radius 3 is 2.62 bits per heavy atom. The van der Waals surface area contributed by atoms with Gasteiger partial charge < -0.3 is 10.1 Å². The monoisotopic (exact) mass is 333 g/mol. The molecule has 0 atom stereocenters. The maximum atomic E-state index is 5.17. The van der Waals surface area contributed by atoms with Gasteiger partial charge in [0.1, 0.15) is 11.6 Å². The van der Waals surface area contributed by atoms with E-state index >= 15 is 0 Å². The van der Waals surface area contributed by atoms with Crippen LogP contribution in [0.1, 0.15) is 31.3 Å². The topological polar surface area (TPSA) is 47.0 Å². The van der Waals surface area contributed by atoms with Gasteiger partial charge in [-0.05, 0) is 35.4 Å². The lowest BCUT2D eigenvalue weighted by Gasteiger charge is -2.13. The molecule has 0 spiro atoms. The Bertz CT molecular complexity index is 404. The largest absolute Gasteiger partial charge is 0.378 e. The van der Waals surface area contributed by atoms with E-state index in [-0.39, 0.29) is 5.41 Å². The summed E-state index contributed by atoms with van der Waals surface area (Å²) in [4.78, 5) is 9.20. The van der Waals surface area contributed by atoms with Crippen molar-refractivity contribution >= 4 is 28.4 Å². The third-order valence-corrected chi connectivity index (χ3v) is 4.11. The lowest BCUT2D eigenvalue weighted by molar-refractivity contribution is 0.180. The summed E-state index contributed by atoms with van der Waals surface area (Å²) in [6, 6.07) is 0. The Labute approximate surface area is 109 Å². The third kappa shape index (κ3) is 2.15. The van der Waals surface area contributed by atoms with Gasteiger partial charge in [0, 0.05) is 19.6 Å². The van der Waals surface area contributed by atoms with Gasteiger partial charge >= 0.3 is 0 Å². The zero-order valence-corrected chi connectivity index (χ0v) is 12.0. The van der Waals surface area contributed by atoms with Crippen LogP contribution >= 0.6 is 22.6 Å². The second-order valence-electron chi connectivity index (χ2n) is 4.40. The standard InChI is InChI=1S/C11H16IN3O/c1-11(4-5-11)10-14-7(6-16-3)8(12)9(13-2)15-10/h4-6H2,1-3H3,(H,13,14,15). The first-order valence-corrected chi connectivity index (χ1v) is 6.42. The van der Waals surface area contributed by atoms with Gasteiger partial charge in [0.25, 0.3) is 0 Å². The highest BCUT2D eigenvalue weighted by Gasteiger charge is 2.42. The maximum Gasteiger partial charge on any atom is 0.143 e. The molecule has 1 aliphatic rings. The van der Waals surface area contributed by atoms with Gasteiger partial charge in [0.15, 0.2) is 0 Å². The molecule has 5 heteroatoms. The quantitative estimate of drug-likeness (QED) is 0.859. The number of aromatic nitrogens is 2. The van der Waals surface area contributed by atoms with Crippen LogP contribution in [0.15, 0.2) is 0 Å². The number of hydrogen-bond donors (Lipinski definition) is 1. The van der Waals surface area contributed by atoms with Crippen molar-refractivity contribution in [2.75, 3.05) is 19.5 Å². The van der Waals surface area contributed by atoms with Crippen molar-refractivity contribution in [1.82, 2.24) is 9.97 Å². The number of halogens is 1. The normalized spacial score (nSPS) is 17.2. The molecule has 0 bridgehead atoms. The first-order chi connectivity index (χ1) is 7.60. The van der Waals surface area contributed by atoms with E-state index in [0.29, 0.717) is 6.61 Å². The van der Waals surface area contributed by atoms with E-state index in [4.69, 9.17) is 4.74 Å². The van der Waals surface area contributed by atoms with Crippen LogP contribution in [0, 0.1) is 3.57 Å². The average Bonchev–Trinajstić information content (AvgIpc) is 3.01. The van der Waals surface area contributed by atoms with Crippen LogP contribution < -0.4 is 5.32 Å². The van der Waals surface area contributed by atoms with E-state index in [0.717, 1.165) is 20.9 Å². The first kappa shape index (κ1) is 12.0. The molecule has 0 unspecified atom stereocenters. The highest BCUT2D eigenvalue weighted by molar-refractivity contribution is 14.1. The number of anilines is 1. The number of nitrogens with zero attached hydrogens (tertiary/aromatic N) is 2. The van der Waals surface area contributed by atoms with E-state index in [1.165, 1.54) is 12.8 Å². The van der Waals surface area contributed by atoms with Gasteiger partial charge in [-0.3, -0.25) is 0 Å². The van der Waals surface area contributed by atoms with Crippen molar-refractivity contribution < 1.29 is 4.74 Å². The number of rotatable bonds is 4. The van der Waals surface area contributed by atoms with Crippen molar-refractivity contribution in [2.45, 2.75) is 31.8 Å². The zero-order valence-electron chi connectivity index (χ0n) is 9.80. The van der Waals surface area contributed by atoms with Crippen molar-refractivity contribution in [1.29, 1.82) is 0 Å². The van der Waals surface area contributed by atoms with Crippen LogP contribution in [0.4, 0.5) is 5.82 Å². The molecule has 1 heterocycles. The molecule has 2 rings (SSSR count). The van der Waals surface area contributed by atoms with Crippen LogP contribution in [-0.2, 0) is 16.8 Å². The van der Waals surface area contributed by atoms with E-state index in [9.17, 15) is 0 Å². The van der Waals surface area contributed by atoms with Gasteiger partial charge in [-0.2, -0.15) is 0 Å². The molecule has 0 aliphatic heterocycles. The van der Waals surface area contributed by atoms with Gasteiger partial charge in [-0.25, -0.2) is 9.97 Å². The number of hydrogen-bond acceptors (Lipinski definition) is 4. The molecule has 16 heavy (non-hydrogen) atoms. The van der Waals surface area contributed by atoms with Gasteiger partial charge in [0.05, 0.1) is 15.9 Å². The molecule has 1 saturated carbocycles. The molecular formula is C11H16IN3O. The summed E-state index contributed by atoms with van der Waals surface area (Å²) in [5.74, 6) is 1.86. The molecule has 1 fully saturated rings.